The van der Waals surface area contributed by atoms with E-state index in [1.54, 1.807) is 28.9 Å². The maximum absolute atomic E-state index is 12.4. The summed E-state index contributed by atoms with van der Waals surface area (Å²) in [7, 11) is 0. The van der Waals surface area contributed by atoms with Crippen LogP contribution in [0.2, 0.25) is 10.0 Å². The molecular formula is C19H16Cl2N4O4S. The monoisotopic (exact) mass is 466 g/mol. The number of carbonyl (C=O) groups is 3. The van der Waals surface area contributed by atoms with Gasteiger partial charge in [0.2, 0.25) is 0 Å². The van der Waals surface area contributed by atoms with Crippen LogP contribution in [0.5, 0.6) is 0 Å². The van der Waals surface area contributed by atoms with Crippen molar-refractivity contribution in [3.05, 3.63) is 50.4 Å². The van der Waals surface area contributed by atoms with Crippen molar-refractivity contribution in [1.82, 2.24) is 20.0 Å². The topological polar surface area (TPSA) is 93.5 Å². The lowest BCUT2D eigenvalue weighted by Gasteiger charge is -2.11. The van der Waals surface area contributed by atoms with Crippen molar-refractivity contribution in [1.29, 1.82) is 0 Å². The Bertz CT molecular complexity index is 1150. The van der Waals surface area contributed by atoms with Gasteiger partial charge in [0.15, 0.2) is 6.61 Å². The van der Waals surface area contributed by atoms with Gasteiger partial charge in [-0.05, 0) is 25.1 Å². The minimum absolute atomic E-state index is 0.262. The van der Waals surface area contributed by atoms with Crippen molar-refractivity contribution in [3.8, 4) is 0 Å². The molecule has 3 heterocycles. The Balaban J connectivity index is 1.52. The number of hydrogen-bond donors (Lipinski definition) is 1. The van der Waals surface area contributed by atoms with Crippen LogP contribution in [0.4, 0.5) is 4.79 Å². The second-order valence-corrected chi connectivity index (χ2v) is 8.47. The van der Waals surface area contributed by atoms with Gasteiger partial charge in [-0.1, -0.05) is 29.3 Å². The summed E-state index contributed by atoms with van der Waals surface area (Å²) in [6.07, 6.45) is 0. The molecule has 30 heavy (non-hydrogen) atoms. The standard InChI is InChI=1S/C19H16Cl2N4O4S/c1-10-11-7-15(18(27)29-9-16(26)24-6-5-22-19(24)28)30-17(11)25(23-10)8-12-13(20)3-2-4-14(12)21/h2-4,7H,5-6,8-9H2,1H3,(H,22,28). The van der Waals surface area contributed by atoms with Crippen LogP contribution in [-0.2, 0) is 16.1 Å². The summed E-state index contributed by atoms with van der Waals surface area (Å²) < 4.78 is 6.85. The zero-order valence-corrected chi connectivity index (χ0v) is 18.1. The molecule has 2 aromatic heterocycles. The smallest absolute Gasteiger partial charge is 0.348 e. The number of rotatable bonds is 5. The van der Waals surface area contributed by atoms with Crippen molar-refractivity contribution in [2.24, 2.45) is 0 Å². The minimum atomic E-state index is -0.633. The molecule has 1 aliphatic rings. The number of ether oxygens (including phenoxy) is 1. The van der Waals surface area contributed by atoms with Crippen LogP contribution < -0.4 is 5.32 Å². The fourth-order valence-electron chi connectivity index (χ4n) is 3.14. The van der Waals surface area contributed by atoms with E-state index >= 15 is 0 Å². The molecule has 1 fully saturated rings. The van der Waals surface area contributed by atoms with Gasteiger partial charge >= 0.3 is 12.0 Å². The van der Waals surface area contributed by atoms with E-state index in [1.807, 2.05) is 6.92 Å². The van der Waals surface area contributed by atoms with Crippen LogP contribution >= 0.6 is 34.5 Å². The van der Waals surface area contributed by atoms with Gasteiger partial charge in [0.05, 0.1) is 12.2 Å². The number of carbonyl (C=O) groups excluding carboxylic acids is 3. The summed E-state index contributed by atoms with van der Waals surface area (Å²) in [6.45, 7) is 2.34. The molecule has 1 aliphatic heterocycles. The van der Waals surface area contributed by atoms with Crippen molar-refractivity contribution in [2.75, 3.05) is 19.7 Å². The van der Waals surface area contributed by atoms with Gasteiger partial charge in [-0.15, -0.1) is 11.3 Å². The fraction of sp³-hybridized carbons (Fsp3) is 0.263. The van der Waals surface area contributed by atoms with Crippen LogP contribution in [0.3, 0.4) is 0 Å². The zero-order valence-electron chi connectivity index (χ0n) is 15.8. The number of imide groups is 1. The molecular weight excluding hydrogens is 451 g/mol. The highest BCUT2D eigenvalue weighted by atomic mass is 35.5. The van der Waals surface area contributed by atoms with Gasteiger partial charge in [0, 0.05) is 34.1 Å². The average Bonchev–Trinajstić information content (AvgIpc) is 3.40. The van der Waals surface area contributed by atoms with Gasteiger partial charge in [-0.25, -0.2) is 14.3 Å². The highest BCUT2D eigenvalue weighted by Gasteiger charge is 2.27. The molecule has 3 amide bonds. The highest BCUT2D eigenvalue weighted by molar-refractivity contribution is 7.20. The lowest BCUT2D eigenvalue weighted by atomic mass is 10.2. The number of esters is 1. The quantitative estimate of drug-likeness (QED) is 0.580. The fourth-order valence-corrected chi connectivity index (χ4v) is 4.71. The lowest BCUT2D eigenvalue weighted by molar-refractivity contribution is -0.130. The van der Waals surface area contributed by atoms with Crippen molar-refractivity contribution in [3.63, 3.8) is 0 Å². The SMILES string of the molecule is Cc1nn(Cc2c(Cl)cccc2Cl)c2sc(C(=O)OCC(=O)N3CCNC3=O)cc12. The second-order valence-electron chi connectivity index (χ2n) is 6.63. The third-order valence-electron chi connectivity index (χ3n) is 4.66. The van der Waals surface area contributed by atoms with Crippen molar-refractivity contribution < 1.29 is 19.1 Å². The summed E-state index contributed by atoms with van der Waals surface area (Å²) >= 11 is 13.7. The van der Waals surface area contributed by atoms with E-state index in [0.29, 0.717) is 28.0 Å². The first-order valence-corrected chi connectivity index (χ1v) is 10.6. The van der Waals surface area contributed by atoms with Crippen LogP contribution in [0.25, 0.3) is 10.2 Å². The first-order valence-electron chi connectivity index (χ1n) is 9.00. The third kappa shape index (κ3) is 3.88. The normalized spacial score (nSPS) is 13.7. The van der Waals surface area contributed by atoms with E-state index in [2.05, 4.69) is 10.4 Å². The molecule has 0 bridgehead atoms. The third-order valence-corrected chi connectivity index (χ3v) is 6.50. The molecule has 156 valence electrons. The maximum atomic E-state index is 12.4. The van der Waals surface area contributed by atoms with Gasteiger partial charge < -0.3 is 10.1 Å². The summed E-state index contributed by atoms with van der Waals surface area (Å²) in [5.74, 6) is -1.19. The Labute approximate surface area is 185 Å². The molecule has 3 aromatic rings. The molecule has 4 rings (SSSR count). The van der Waals surface area contributed by atoms with E-state index in [1.165, 1.54) is 11.3 Å². The Morgan fingerprint density at radius 2 is 2.03 bits per heavy atom. The lowest BCUT2D eigenvalue weighted by Crippen LogP contribution is -2.37. The second kappa shape index (κ2) is 8.25. The van der Waals surface area contributed by atoms with Crippen molar-refractivity contribution in [2.45, 2.75) is 13.5 Å². The number of fused-ring (bicyclic) bond motifs is 1. The Morgan fingerprint density at radius 3 is 2.70 bits per heavy atom. The predicted octanol–water partition coefficient (Wildman–Crippen LogP) is 3.47. The zero-order chi connectivity index (χ0) is 21.4. The van der Waals surface area contributed by atoms with E-state index in [-0.39, 0.29) is 6.54 Å². The molecule has 1 saturated heterocycles. The number of halogens is 2. The van der Waals surface area contributed by atoms with Gasteiger partial charge in [0.1, 0.15) is 9.71 Å². The number of nitrogens with one attached hydrogen (secondary N) is 1. The summed E-state index contributed by atoms with van der Waals surface area (Å²) in [5, 5.41) is 8.91. The summed E-state index contributed by atoms with van der Waals surface area (Å²) in [4.78, 5) is 38.1. The molecule has 0 atom stereocenters. The maximum Gasteiger partial charge on any atom is 0.348 e. The number of benzene rings is 1. The number of amides is 3. The molecule has 0 saturated carbocycles. The van der Waals surface area contributed by atoms with Crippen molar-refractivity contribution >= 4 is 62.7 Å². The Morgan fingerprint density at radius 1 is 1.30 bits per heavy atom. The predicted molar refractivity (Wildman–Crippen MR) is 113 cm³/mol. The first-order chi connectivity index (χ1) is 14.3. The summed E-state index contributed by atoms with van der Waals surface area (Å²) in [6, 6.07) is 6.48. The van der Waals surface area contributed by atoms with E-state index in [0.717, 1.165) is 26.4 Å². The van der Waals surface area contributed by atoms with Crippen LogP contribution in [0, 0.1) is 6.92 Å². The molecule has 1 aromatic carbocycles. The molecule has 0 radical (unpaired) electrons. The van der Waals surface area contributed by atoms with Gasteiger partial charge in [0.25, 0.3) is 5.91 Å². The number of aryl methyl sites for hydroxylation is 1. The number of nitrogens with zero attached hydrogens (tertiary/aromatic N) is 3. The molecule has 0 unspecified atom stereocenters. The van der Waals surface area contributed by atoms with Gasteiger partial charge in [-0.2, -0.15) is 5.10 Å². The highest BCUT2D eigenvalue weighted by Crippen LogP contribution is 2.31. The average molecular weight is 467 g/mol. The molecule has 11 heteroatoms. The van der Waals surface area contributed by atoms with Crippen LogP contribution in [0.1, 0.15) is 20.9 Å². The number of aromatic nitrogens is 2. The first kappa shape index (κ1) is 20.6. The summed E-state index contributed by atoms with van der Waals surface area (Å²) in [5.41, 5.74) is 1.48. The van der Waals surface area contributed by atoms with Gasteiger partial charge in [-0.3, -0.25) is 9.69 Å². The van der Waals surface area contributed by atoms with E-state index in [4.69, 9.17) is 27.9 Å². The van der Waals surface area contributed by atoms with Crippen LogP contribution in [0.15, 0.2) is 24.3 Å². The Kier molecular flexibility index (Phi) is 5.68. The largest absolute Gasteiger partial charge is 0.451 e. The molecule has 0 aliphatic carbocycles. The van der Waals surface area contributed by atoms with E-state index in [9.17, 15) is 14.4 Å². The molecule has 1 N–H and O–H groups in total. The number of urea groups is 1. The number of hydrogen-bond acceptors (Lipinski definition) is 6. The van der Waals surface area contributed by atoms with E-state index < -0.39 is 24.5 Å². The van der Waals surface area contributed by atoms with Crippen LogP contribution in [-0.4, -0.2) is 52.3 Å². The molecule has 0 spiro atoms. The number of thiophene rings is 1. The minimum Gasteiger partial charge on any atom is -0.451 e. The Hall–Kier alpha value is -2.62. The molecule has 8 nitrogen and oxygen atoms in total.